The molecule has 0 amide bonds. The van der Waals surface area contributed by atoms with Crippen molar-refractivity contribution >= 4 is 10.0 Å². The van der Waals surface area contributed by atoms with Crippen LogP contribution in [-0.4, -0.2) is 14.2 Å². The topological polar surface area (TPSA) is 55.4 Å². The van der Waals surface area contributed by atoms with Gasteiger partial charge >= 0.3 is 0 Å². The second kappa shape index (κ2) is 7.96. The van der Waals surface area contributed by atoms with Crippen molar-refractivity contribution in [2.75, 3.05) is 5.75 Å². The molecule has 22 heavy (non-hydrogen) atoms. The molecule has 2 aromatic carbocycles. The maximum absolute atomic E-state index is 11.7. The normalized spacial score (nSPS) is 11.3. The minimum atomic E-state index is -3.18. The van der Waals surface area contributed by atoms with Gasteiger partial charge in [0.1, 0.15) is 11.5 Å². The van der Waals surface area contributed by atoms with Crippen molar-refractivity contribution in [2.24, 2.45) is 0 Å². The number of hydrogen-bond acceptors (Lipinski definition) is 3. The number of para-hydroxylation sites is 1. The van der Waals surface area contributed by atoms with Crippen molar-refractivity contribution < 1.29 is 13.2 Å². The lowest BCUT2D eigenvalue weighted by atomic mass is 10.2. The molecule has 1 N–H and O–H groups in total. The molecular weight excluding hydrogens is 298 g/mol. The Bertz CT molecular complexity index is 667. The molecule has 5 heteroatoms. The summed E-state index contributed by atoms with van der Waals surface area (Å²) in [6.07, 6.45) is 1.55. The van der Waals surface area contributed by atoms with E-state index in [4.69, 9.17) is 4.74 Å². The molecule has 0 saturated carbocycles. The van der Waals surface area contributed by atoms with Gasteiger partial charge in [-0.2, -0.15) is 0 Å². The second-order valence-corrected chi connectivity index (χ2v) is 6.98. The molecule has 4 nitrogen and oxygen atoms in total. The second-order valence-electron chi connectivity index (χ2n) is 5.05. The Morgan fingerprint density at radius 1 is 0.955 bits per heavy atom. The Morgan fingerprint density at radius 2 is 1.59 bits per heavy atom. The Morgan fingerprint density at radius 3 is 2.23 bits per heavy atom. The first-order valence-corrected chi connectivity index (χ1v) is 9.03. The van der Waals surface area contributed by atoms with Crippen LogP contribution < -0.4 is 9.46 Å². The molecule has 2 aromatic rings. The third kappa shape index (κ3) is 5.50. The molecule has 118 valence electrons. The van der Waals surface area contributed by atoms with Crippen LogP contribution in [0.4, 0.5) is 0 Å². The van der Waals surface area contributed by atoms with Crippen LogP contribution in [0.1, 0.15) is 25.3 Å². The fourth-order valence-corrected chi connectivity index (χ4v) is 3.10. The van der Waals surface area contributed by atoms with Crippen LogP contribution in [0.15, 0.2) is 54.6 Å². The minimum Gasteiger partial charge on any atom is -0.457 e. The predicted octanol–water partition coefficient (Wildman–Crippen LogP) is 3.70. The highest BCUT2D eigenvalue weighted by atomic mass is 32.2. The number of ether oxygens (including phenoxy) is 1. The summed E-state index contributed by atoms with van der Waals surface area (Å²) in [6, 6.07) is 16.9. The third-order valence-electron chi connectivity index (χ3n) is 3.17. The van der Waals surface area contributed by atoms with Crippen LogP contribution in [0.2, 0.25) is 0 Å². The first-order valence-electron chi connectivity index (χ1n) is 7.38. The van der Waals surface area contributed by atoms with Crippen LogP contribution in [0.3, 0.4) is 0 Å². The summed E-state index contributed by atoms with van der Waals surface area (Å²) in [4.78, 5) is 0. The lowest BCUT2D eigenvalue weighted by Gasteiger charge is -2.08. The number of hydrogen-bond donors (Lipinski definition) is 1. The smallest absolute Gasteiger partial charge is 0.211 e. The van der Waals surface area contributed by atoms with Gasteiger partial charge in [-0.15, -0.1) is 0 Å². The van der Waals surface area contributed by atoms with Crippen LogP contribution in [0, 0.1) is 0 Å². The Hall–Kier alpha value is -1.85. The first kappa shape index (κ1) is 16.5. The average Bonchev–Trinajstić information content (AvgIpc) is 2.53. The zero-order valence-corrected chi connectivity index (χ0v) is 13.5. The van der Waals surface area contributed by atoms with Crippen molar-refractivity contribution in [2.45, 2.75) is 26.3 Å². The highest BCUT2D eigenvalue weighted by Gasteiger charge is 2.08. The molecule has 0 bridgehead atoms. The number of benzene rings is 2. The molecule has 0 aliphatic carbocycles. The van der Waals surface area contributed by atoms with Crippen LogP contribution >= 0.6 is 0 Å². The van der Waals surface area contributed by atoms with Gasteiger partial charge in [0.15, 0.2) is 0 Å². The van der Waals surface area contributed by atoms with Crippen LogP contribution in [-0.2, 0) is 16.6 Å². The fourth-order valence-electron chi connectivity index (χ4n) is 1.90. The van der Waals surface area contributed by atoms with Crippen LogP contribution in [0.25, 0.3) is 0 Å². The molecule has 0 saturated heterocycles. The molecule has 0 aliphatic rings. The van der Waals surface area contributed by atoms with Crippen molar-refractivity contribution in [3.05, 3.63) is 60.2 Å². The minimum absolute atomic E-state index is 0.179. The first-order chi connectivity index (χ1) is 10.6. The molecule has 0 aromatic heterocycles. The SMILES string of the molecule is CCCCS(=O)(=O)NCc1ccc(Oc2ccccc2)cc1. The third-order valence-corrected chi connectivity index (χ3v) is 4.58. The van der Waals surface area contributed by atoms with Crippen LogP contribution in [0.5, 0.6) is 11.5 Å². The van der Waals surface area contributed by atoms with Gasteiger partial charge < -0.3 is 4.74 Å². The number of sulfonamides is 1. The monoisotopic (exact) mass is 319 g/mol. The molecule has 0 radical (unpaired) electrons. The highest BCUT2D eigenvalue weighted by molar-refractivity contribution is 7.89. The lowest BCUT2D eigenvalue weighted by Crippen LogP contribution is -2.25. The zero-order valence-electron chi connectivity index (χ0n) is 12.7. The zero-order chi connectivity index (χ0) is 15.8. The molecule has 0 fully saturated rings. The van der Waals surface area contributed by atoms with Gasteiger partial charge in [-0.1, -0.05) is 43.7 Å². The van der Waals surface area contributed by atoms with E-state index in [0.717, 1.165) is 23.5 Å². The van der Waals surface area contributed by atoms with Gasteiger partial charge in [-0.25, -0.2) is 13.1 Å². The number of rotatable bonds is 8. The average molecular weight is 319 g/mol. The predicted molar refractivity (Wildman–Crippen MR) is 88.5 cm³/mol. The summed E-state index contributed by atoms with van der Waals surface area (Å²) in [5.74, 6) is 1.68. The quantitative estimate of drug-likeness (QED) is 0.807. The molecule has 2 rings (SSSR count). The largest absolute Gasteiger partial charge is 0.457 e. The van der Waals surface area contributed by atoms with E-state index in [1.54, 1.807) is 0 Å². The Labute approximate surface area is 132 Å². The highest BCUT2D eigenvalue weighted by Crippen LogP contribution is 2.21. The Kier molecular flexibility index (Phi) is 5.98. The maximum Gasteiger partial charge on any atom is 0.211 e. The number of unbranched alkanes of at least 4 members (excludes halogenated alkanes) is 1. The van der Waals surface area contributed by atoms with Gasteiger partial charge in [0, 0.05) is 6.54 Å². The summed E-state index contributed by atoms with van der Waals surface area (Å²) in [7, 11) is -3.18. The van der Waals surface area contributed by atoms with Gasteiger partial charge in [0.25, 0.3) is 0 Å². The van der Waals surface area contributed by atoms with Crippen molar-refractivity contribution in [1.29, 1.82) is 0 Å². The lowest BCUT2D eigenvalue weighted by molar-refractivity contribution is 0.482. The van der Waals surface area contributed by atoms with E-state index in [9.17, 15) is 8.42 Å². The standard InChI is InChI=1S/C17H21NO3S/c1-2-3-13-22(19,20)18-14-15-9-11-17(12-10-15)21-16-7-5-4-6-8-16/h4-12,18H,2-3,13-14H2,1H3. The number of nitrogens with one attached hydrogen (secondary N) is 1. The van der Waals surface area contributed by atoms with Crippen molar-refractivity contribution in [3.63, 3.8) is 0 Å². The molecule has 0 atom stereocenters. The van der Waals surface area contributed by atoms with E-state index in [1.165, 1.54) is 0 Å². The summed E-state index contributed by atoms with van der Waals surface area (Å²) < 4.78 is 31.8. The summed E-state index contributed by atoms with van der Waals surface area (Å²) in [5.41, 5.74) is 0.903. The van der Waals surface area contributed by atoms with Gasteiger partial charge in [-0.3, -0.25) is 0 Å². The molecule has 0 aliphatic heterocycles. The van der Waals surface area contributed by atoms with Gasteiger partial charge in [0.2, 0.25) is 10.0 Å². The van der Waals surface area contributed by atoms with E-state index in [0.29, 0.717) is 13.0 Å². The fraction of sp³-hybridized carbons (Fsp3) is 0.294. The summed E-state index contributed by atoms with van der Waals surface area (Å²) >= 11 is 0. The van der Waals surface area contributed by atoms with E-state index < -0.39 is 10.0 Å². The maximum atomic E-state index is 11.7. The molecule has 0 heterocycles. The van der Waals surface area contributed by atoms with E-state index in [-0.39, 0.29) is 5.75 Å². The summed E-state index contributed by atoms with van der Waals surface area (Å²) in [5, 5.41) is 0. The molecule has 0 unspecified atom stereocenters. The molecular formula is C17H21NO3S. The van der Waals surface area contributed by atoms with Gasteiger partial charge in [-0.05, 0) is 36.2 Å². The van der Waals surface area contributed by atoms with Crippen molar-refractivity contribution in [3.8, 4) is 11.5 Å². The Balaban J connectivity index is 1.89. The summed E-state index contributed by atoms with van der Waals surface area (Å²) in [6.45, 7) is 2.28. The van der Waals surface area contributed by atoms with Crippen molar-refractivity contribution in [1.82, 2.24) is 4.72 Å². The molecule has 0 spiro atoms. The van der Waals surface area contributed by atoms with E-state index in [2.05, 4.69) is 4.72 Å². The van der Waals surface area contributed by atoms with Gasteiger partial charge in [0.05, 0.1) is 5.75 Å². The van der Waals surface area contributed by atoms with E-state index >= 15 is 0 Å². The van der Waals surface area contributed by atoms with E-state index in [1.807, 2.05) is 61.5 Å².